The molecule has 0 aliphatic heterocycles. The molecule has 2 rings (SSSR count). The van der Waals surface area contributed by atoms with Crippen LogP contribution < -0.4 is 0 Å². The van der Waals surface area contributed by atoms with Crippen LogP contribution in [-0.4, -0.2) is 15.0 Å². The van der Waals surface area contributed by atoms with Crippen molar-refractivity contribution in [3.05, 3.63) is 28.8 Å². The van der Waals surface area contributed by atoms with Crippen molar-refractivity contribution in [3.8, 4) is 11.5 Å². The van der Waals surface area contributed by atoms with Crippen molar-refractivity contribution in [1.82, 2.24) is 15.0 Å². The zero-order valence-electron chi connectivity index (χ0n) is 6.56. The molecule has 12 heavy (non-hydrogen) atoms. The molecule has 0 radical (unpaired) electrons. The van der Waals surface area contributed by atoms with Gasteiger partial charge in [0.1, 0.15) is 5.69 Å². The van der Waals surface area contributed by atoms with Crippen LogP contribution in [0.25, 0.3) is 11.5 Å². The average molecular weight is 177 g/mol. The average Bonchev–Trinajstić information content (AvgIpc) is 2.54. The fraction of sp³-hybridized carbons (Fsp3) is 0.125. The molecule has 0 saturated heterocycles. The van der Waals surface area contributed by atoms with Crippen LogP contribution in [0.1, 0.15) is 5.01 Å². The summed E-state index contributed by atoms with van der Waals surface area (Å²) in [6.45, 7) is 1.97. The van der Waals surface area contributed by atoms with Crippen LogP contribution in [-0.2, 0) is 0 Å². The molecule has 2 heterocycles. The van der Waals surface area contributed by atoms with Gasteiger partial charge >= 0.3 is 0 Å². The number of hydrogen-bond acceptors (Lipinski definition) is 4. The van der Waals surface area contributed by atoms with Gasteiger partial charge in [-0.25, -0.2) is 15.0 Å². The Morgan fingerprint density at radius 3 is 2.58 bits per heavy atom. The van der Waals surface area contributed by atoms with Crippen molar-refractivity contribution in [2.75, 3.05) is 0 Å². The Morgan fingerprint density at radius 1 is 1.25 bits per heavy atom. The summed E-state index contributed by atoms with van der Waals surface area (Å²) in [6, 6.07) is 1.79. The highest BCUT2D eigenvalue weighted by atomic mass is 32.1. The monoisotopic (exact) mass is 177 g/mol. The van der Waals surface area contributed by atoms with Crippen LogP contribution in [0.5, 0.6) is 0 Å². The third-order valence-electron chi connectivity index (χ3n) is 1.41. The first-order valence-electron chi connectivity index (χ1n) is 3.56. The lowest BCUT2D eigenvalue weighted by Gasteiger charge is -1.90. The van der Waals surface area contributed by atoms with E-state index in [1.54, 1.807) is 29.8 Å². The van der Waals surface area contributed by atoms with Gasteiger partial charge in [0.15, 0.2) is 5.82 Å². The standard InChI is InChI=1S/C8H7N3S/c1-6-11-7(5-12-6)8-9-3-2-4-10-8/h2-5H,1H3. The lowest BCUT2D eigenvalue weighted by molar-refractivity contribution is 1.14. The molecule has 4 heteroatoms. The molecule has 0 aromatic carbocycles. The van der Waals surface area contributed by atoms with Gasteiger partial charge in [0, 0.05) is 17.8 Å². The Kier molecular flexibility index (Phi) is 1.83. The fourth-order valence-electron chi connectivity index (χ4n) is 0.897. The van der Waals surface area contributed by atoms with E-state index in [4.69, 9.17) is 0 Å². The van der Waals surface area contributed by atoms with Gasteiger partial charge in [-0.1, -0.05) is 0 Å². The second-order valence-electron chi connectivity index (χ2n) is 2.32. The van der Waals surface area contributed by atoms with Gasteiger partial charge in [-0.15, -0.1) is 11.3 Å². The second-order valence-corrected chi connectivity index (χ2v) is 3.39. The van der Waals surface area contributed by atoms with Crippen molar-refractivity contribution in [2.45, 2.75) is 6.92 Å². The van der Waals surface area contributed by atoms with Crippen molar-refractivity contribution in [1.29, 1.82) is 0 Å². The largest absolute Gasteiger partial charge is 0.238 e. The Balaban J connectivity index is 2.45. The van der Waals surface area contributed by atoms with Crippen LogP contribution in [0.3, 0.4) is 0 Å². The molecule has 0 unspecified atom stereocenters. The number of rotatable bonds is 1. The third kappa shape index (κ3) is 1.33. The minimum atomic E-state index is 0.696. The molecule has 0 bridgehead atoms. The van der Waals surface area contributed by atoms with Crippen LogP contribution in [0, 0.1) is 6.92 Å². The summed E-state index contributed by atoms with van der Waals surface area (Å²) in [5, 5.41) is 3.00. The second kappa shape index (κ2) is 2.98. The summed E-state index contributed by atoms with van der Waals surface area (Å²) in [4.78, 5) is 12.5. The van der Waals surface area contributed by atoms with E-state index in [1.165, 1.54) is 0 Å². The summed E-state index contributed by atoms with van der Waals surface area (Å²) in [6.07, 6.45) is 3.44. The highest BCUT2D eigenvalue weighted by molar-refractivity contribution is 7.09. The molecule has 0 saturated carbocycles. The van der Waals surface area contributed by atoms with Crippen molar-refractivity contribution in [3.63, 3.8) is 0 Å². The minimum absolute atomic E-state index is 0.696. The Bertz CT molecular complexity index is 369. The van der Waals surface area contributed by atoms with Crippen LogP contribution in [0.2, 0.25) is 0 Å². The first-order valence-corrected chi connectivity index (χ1v) is 4.44. The molecule has 0 fully saturated rings. The van der Waals surface area contributed by atoms with E-state index in [9.17, 15) is 0 Å². The molecule has 0 amide bonds. The fourth-order valence-corrected chi connectivity index (χ4v) is 1.49. The molecule has 0 spiro atoms. The highest BCUT2D eigenvalue weighted by Crippen LogP contribution is 2.16. The molecule has 0 atom stereocenters. The minimum Gasteiger partial charge on any atom is -0.238 e. The van der Waals surface area contributed by atoms with E-state index in [0.29, 0.717) is 5.82 Å². The number of thiazole rings is 1. The lowest BCUT2D eigenvalue weighted by Crippen LogP contribution is -1.86. The topological polar surface area (TPSA) is 38.7 Å². The molecule has 2 aromatic heterocycles. The Morgan fingerprint density at radius 2 is 2.00 bits per heavy atom. The molecule has 3 nitrogen and oxygen atoms in total. The first kappa shape index (κ1) is 7.36. The van der Waals surface area contributed by atoms with E-state index in [-0.39, 0.29) is 0 Å². The predicted octanol–water partition coefficient (Wildman–Crippen LogP) is 1.91. The summed E-state index contributed by atoms with van der Waals surface area (Å²) < 4.78 is 0. The Labute approximate surface area is 74.2 Å². The van der Waals surface area contributed by atoms with E-state index in [0.717, 1.165) is 10.7 Å². The molecule has 0 aliphatic carbocycles. The molecular formula is C8H7N3S. The number of aryl methyl sites for hydroxylation is 1. The number of aromatic nitrogens is 3. The van der Waals surface area contributed by atoms with Crippen molar-refractivity contribution in [2.24, 2.45) is 0 Å². The molecular weight excluding hydrogens is 170 g/mol. The van der Waals surface area contributed by atoms with Gasteiger partial charge in [-0.2, -0.15) is 0 Å². The molecule has 60 valence electrons. The predicted molar refractivity (Wildman–Crippen MR) is 47.9 cm³/mol. The van der Waals surface area contributed by atoms with Gasteiger partial charge in [-0.05, 0) is 13.0 Å². The summed E-state index contributed by atoms with van der Waals surface area (Å²) in [5.41, 5.74) is 0.859. The van der Waals surface area contributed by atoms with Gasteiger partial charge < -0.3 is 0 Å². The summed E-state index contributed by atoms with van der Waals surface area (Å²) in [5.74, 6) is 0.696. The maximum Gasteiger partial charge on any atom is 0.178 e. The normalized spacial score (nSPS) is 10.1. The van der Waals surface area contributed by atoms with E-state index >= 15 is 0 Å². The first-order chi connectivity index (χ1) is 5.86. The number of hydrogen-bond donors (Lipinski definition) is 0. The summed E-state index contributed by atoms with van der Waals surface area (Å²) in [7, 11) is 0. The molecule has 0 aliphatic rings. The zero-order chi connectivity index (χ0) is 8.39. The van der Waals surface area contributed by atoms with E-state index in [2.05, 4.69) is 15.0 Å². The molecule has 0 N–H and O–H groups in total. The van der Waals surface area contributed by atoms with Crippen LogP contribution >= 0.6 is 11.3 Å². The zero-order valence-corrected chi connectivity index (χ0v) is 7.38. The smallest absolute Gasteiger partial charge is 0.178 e. The third-order valence-corrected chi connectivity index (χ3v) is 2.19. The highest BCUT2D eigenvalue weighted by Gasteiger charge is 2.02. The molecule has 2 aromatic rings. The van der Waals surface area contributed by atoms with E-state index in [1.807, 2.05) is 12.3 Å². The van der Waals surface area contributed by atoms with Crippen molar-refractivity contribution >= 4 is 11.3 Å². The maximum atomic E-state index is 4.27. The van der Waals surface area contributed by atoms with Crippen LogP contribution in [0.4, 0.5) is 0 Å². The van der Waals surface area contributed by atoms with Gasteiger partial charge in [0.2, 0.25) is 0 Å². The van der Waals surface area contributed by atoms with Gasteiger partial charge in [0.25, 0.3) is 0 Å². The lowest BCUT2D eigenvalue weighted by atomic mass is 10.4. The SMILES string of the molecule is Cc1nc(-c2ncccn2)cs1. The van der Waals surface area contributed by atoms with Crippen molar-refractivity contribution < 1.29 is 0 Å². The van der Waals surface area contributed by atoms with Gasteiger partial charge in [-0.3, -0.25) is 0 Å². The quantitative estimate of drug-likeness (QED) is 0.667. The van der Waals surface area contributed by atoms with Gasteiger partial charge in [0.05, 0.1) is 5.01 Å². The number of nitrogens with zero attached hydrogens (tertiary/aromatic N) is 3. The Hall–Kier alpha value is -1.29. The maximum absolute atomic E-state index is 4.27. The summed E-state index contributed by atoms with van der Waals surface area (Å²) >= 11 is 1.61. The van der Waals surface area contributed by atoms with E-state index < -0.39 is 0 Å². The van der Waals surface area contributed by atoms with Crippen LogP contribution in [0.15, 0.2) is 23.8 Å².